The Labute approximate surface area is 176 Å². The normalized spacial score (nSPS) is 13.2. The number of hydrogen-bond acceptors (Lipinski definition) is 4. The zero-order chi connectivity index (χ0) is 21.7. The molecule has 0 saturated heterocycles. The van der Waals surface area contributed by atoms with E-state index in [2.05, 4.69) is 5.32 Å². The Morgan fingerprint density at radius 2 is 1.70 bits per heavy atom. The molecule has 0 bridgehead atoms. The fourth-order valence-electron chi connectivity index (χ4n) is 3.27. The molecule has 2 amide bonds. The lowest BCUT2D eigenvalue weighted by atomic mass is 10.1. The second kappa shape index (κ2) is 9.61. The van der Waals surface area contributed by atoms with Crippen molar-refractivity contribution in [3.05, 3.63) is 59.4 Å². The SMILES string of the molecule is CC(C)NC(=O)C(C)N(Cc1ccc(F)cc1)C(=O)CCc1ccc2c(c1)OCO2. The molecule has 1 aliphatic rings. The maximum atomic E-state index is 13.3. The Hall–Kier alpha value is -3.09. The second-order valence-corrected chi connectivity index (χ2v) is 7.67. The minimum atomic E-state index is -0.651. The zero-order valence-corrected chi connectivity index (χ0v) is 17.5. The number of fused-ring (bicyclic) bond motifs is 1. The van der Waals surface area contributed by atoms with Crippen LogP contribution in [0, 0.1) is 5.82 Å². The van der Waals surface area contributed by atoms with Crippen LogP contribution in [0.4, 0.5) is 4.39 Å². The number of nitrogens with zero attached hydrogens (tertiary/aromatic N) is 1. The highest BCUT2D eigenvalue weighted by Gasteiger charge is 2.26. The van der Waals surface area contributed by atoms with E-state index in [9.17, 15) is 14.0 Å². The van der Waals surface area contributed by atoms with Gasteiger partial charge < -0.3 is 19.7 Å². The van der Waals surface area contributed by atoms with Crippen LogP contribution >= 0.6 is 0 Å². The van der Waals surface area contributed by atoms with Gasteiger partial charge in [-0.2, -0.15) is 0 Å². The topological polar surface area (TPSA) is 67.9 Å². The summed E-state index contributed by atoms with van der Waals surface area (Å²) < 4.78 is 24.0. The van der Waals surface area contributed by atoms with Crippen LogP contribution in [0.25, 0.3) is 0 Å². The Kier molecular flexibility index (Phi) is 6.92. The Morgan fingerprint density at radius 1 is 1.03 bits per heavy atom. The molecule has 6 nitrogen and oxygen atoms in total. The quantitative estimate of drug-likeness (QED) is 0.719. The van der Waals surface area contributed by atoms with Crippen LogP contribution in [0.5, 0.6) is 11.5 Å². The third-order valence-electron chi connectivity index (χ3n) is 4.93. The summed E-state index contributed by atoms with van der Waals surface area (Å²) in [7, 11) is 0. The molecular formula is C23H27FN2O4. The van der Waals surface area contributed by atoms with Crippen molar-refractivity contribution in [2.75, 3.05) is 6.79 Å². The molecule has 1 aliphatic heterocycles. The second-order valence-electron chi connectivity index (χ2n) is 7.67. The molecule has 7 heteroatoms. The number of hydrogen-bond donors (Lipinski definition) is 1. The highest BCUT2D eigenvalue weighted by atomic mass is 19.1. The van der Waals surface area contributed by atoms with E-state index in [0.29, 0.717) is 17.9 Å². The first-order valence-electron chi connectivity index (χ1n) is 10.1. The van der Waals surface area contributed by atoms with Crippen LogP contribution in [-0.4, -0.2) is 35.6 Å². The van der Waals surface area contributed by atoms with Crippen LogP contribution in [-0.2, 0) is 22.6 Å². The van der Waals surface area contributed by atoms with Gasteiger partial charge in [-0.25, -0.2) is 4.39 Å². The van der Waals surface area contributed by atoms with E-state index < -0.39 is 6.04 Å². The molecule has 0 aliphatic carbocycles. The average Bonchev–Trinajstić information content (AvgIpc) is 3.18. The zero-order valence-electron chi connectivity index (χ0n) is 17.5. The van der Waals surface area contributed by atoms with Crippen LogP contribution < -0.4 is 14.8 Å². The highest BCUT2D eigenvalue weighted by Crippen LogP contribution is 2.32. The largest absolute Gasteiger partial charge is 0.454 e. The number of amides is 2. The highest BCUT2D eigenvalue weighted by molar-refractivity contribution is 5.87. The van der Waals surface area contributed by atoms with Crippen molar-refractivity contribution in [1.82, 2.24) is 10.2 Å². The van der Waals surface area contributed by atoms with Gasteiger partial charge in [-0.1, -0.05) is 18.2 Å². The first kappa shape index (κ1) is 21.6. The van der Waals surface area contributed by atoms with E-state index in [1.165, 1.54) is 17.0 Å². The predicted octanol–water partition coefficient (Wildman–Crippen LogP) is 3.43. The van der Waals surface area contributed by atoms with E-state index >= 15 is 0 Å². The Balaban J connectivity index is 1.71. The van der Waals surface area contributed by atoms with E-state index in [1.807, 2.05) is 32.0 Å². The number of ether oxygens (including phenoxy) is 2. The maximum absolute atomic E-state index is 13.3. The van der Waals surface area contributed by atoms with Gasteiger partial charge in [0.1, 0.15) is 11.9 Å². The molecule has 1 unspecified atom stereocenters. The fourth-order valence-corrected chi connectivity index (χ4v) is 3.27. The number of nitrogens with one attached hydrogen (secondary N) is 1. The lowest BCUT2D eigenvalue weighted by Crippen LogP contribution is -2.49. The Morgan fingerprint density at radius 3 is 2.40 bits per heavy atom. The lowest BCUT2D eigenvalue weighted by molar-refractivity contribution is -0.140. The molecule has 1 atom stereocenters. The van der Waals surface area contributed by atoms with Crippen molar-refractivity contribution in [1.29, 1.82) is 0 Å². The first-order valence-corrected chi connectivity index (χ1v) is 10.1. The summed E-state index contributed by atoms with van der Waals surface area (Å²) in [5, 5.41) is 2.85. The van der Waals surface area contributed by atoms with Crippen LogP contribution in [0.2, 0.25) is 0 Å². The van der Waals surface area contributed by atoms with Crippen LogP contribution in [0.1, 0.15) is 38.3 Å². The first-order chi connectivity index (χ1) is 14.3. The number of carbonyl (C=O) groups is 2. The third kappa shape index (κ3) is 5.49. The maximum Gasteiger partial charge on any atom is 0.242 e. The van der Waals surface area contributed by atoms with Crippen molar-refractivity contribution in [3.8, 4) is 11.5 Å². The van der Waals surface area contributed by atoms with Gasteiger partial charge in [0.05, 0.1) is 0 Å². The minimum absolute atomic E-state index is 0.0312. The molecule has 3 rings (SSSR count). The van der Waals surface area contributed by atoms with Gasteiger partial charge in [0, 0.05) is 19.0 Å². The molecule has 0 saturated carbocycles. The van der Waals surface area contributed by atoms with E-state index in [1.54, 1.807) is 19.1 Å². The molecule has 1 N–H and O–H groups in total. The van der Waals surface area contributed by atoms with Gasteiger partial charge in [-0.15, -0.1) is 0 Å². The summed E-state index contributed by atoms with van der Waals surface area (Å²) in [4.78, 5) is 27.2. The standard InChI is InChI=1S/C23H27FN2O4/c1-15(2)25-23(28)16(3)26(13-18-4-8-19(24)9-5-18)22(27)11-7-17-6-10-20-21(12-17)30-14-29-20/h4-6,8-10,12,15-16H,7,11,13-14H2,1-3H3,(H,25,28). The van der Waals surface area contributed by atoms with Crippen molar-refractivity contribution >= 4 is 11.8 Å². The summed E-state index contributed by atoms with van der Waals surface area (Å²) in [5.74, 6) is 0.659. The number of aryl methyl sites for hydroxylation is 1. The molecule has 0 aromatic heterocycles. The lowest BCUT2D eigenvalue weighted by Gasteiger charge is -2.29. The van der Waals surface area contributed by atoms with Gasteiger partial charge >= 0.3 is 0 Å². The van der Waals surface area contributed by atoms with E-state index in [0.717, 1.165) is 11.1 Å². The van der Waals surface area contributed by atoms with Gasteiger partial charge in [0.2, 0.25) is 18.6 Å². The number of benzene rings is 2. The fraction of sp³-hybridized carbons (Fsp3) is 0.391. The molecule has 2 aromatic rings. The van der Waals surface area contributed by atoms with Crippen molar-refractivity contribution < 1.29 is 23.5 Å². The monoisotopic (exact) mass is 414 g/mol. The molecule has 2 aromatic carbocycles. The summed E-state index contributed by atoms with van der Waals surface area (Å²) in [6, 6.07) is 10.9. The van der Waals surface area contributed by atoms with Gasteiger partial charge in [-0.05, 0) is 62.6 Å². The summed E-state index contributed by atoms with van der Waals surface area (Å²) in [5.41, 5.74) is 1.71. The molecule has 0 spiro atoms. The molecule has 0 fully saturated rings. The molecular weight excluding hydrogens is 387 g/mol. The predicted molar refractivity (Wildman–Crippen MR) is 111 cm³/mol. The molecule has 160 valence electrons. The van der Waals surface area contributed by atoms with Crippen molar-refractivity contribution in [3.63, 3.8) is 0 Å². The smallest absolute Gasteiger partial charge is 0.242 e. The summed E-state index contributed by atoms with van der Waals surface area (Å²) >= 11 is 0. The average molecular weight is 414 g/mol. The van der Waals surface area contributed by atoms with E-state index in [4.69, 9.17) is 9.47 Å². The van der Waals surface area contributed by atoms with Crippen LogP contribution in [0.3, 0.4) is 0 Å². The van der Waals surface area contributed by atoms with Gasteiger partial charge in [0.15, 0.2) is 11.5 Å². The van der Waals surface area contributed by atoms with E-state index in [-0.39, 0.29) is 43.4 Å². The minimum Gasteiger partial charge on any atom is -0.454 e. The summed E-state index contributed by atoms with van der Waals surface area (Å²) in [6.07, 6.45) is 0.744. The number of halogens is 1. The van der Waals surface area contributed by atoms with Gasteiger partial charge in [0.25, 0.3) is 0 Å². The van der Waals surface area contributed by atoms with Crippen molar-refractivity contribution in [2.45, 2.75) is 52.2 Å². The molecule has 30 heavy (non-hydrogen) atoms. The molecule has 0 radical (unpaired) electrons. The van der Waals surface area contributed by atoms with Crippen LogP contribution in [0.15, 0.2) is 42.5 Å². The summed E-state index contributed by atoms with van der Waals surface area (Å²) in [6.45, 7) is 5.88. The third-order valence-corrected chi connectivity index (χ3v) is 4.93. The number of carbonyl (C=O) groups excluding carboxylic acids is 2. The number of rotatable bonds is 8. The van der Waals surface area contributed by atoms with Gasteiger partial charge in [-0.3, -0.25) is 9.59 Å². The van der Waals surface area contributed by atoms with Crippen molar-refractivity contribution in [2.24, 2.45) is 0 Å². The molecule has 1 heterocycles. The Bertz CT molecular complexity index is 899.